The number of benzene rings is 1. The molecule has 0 radical (unpaired) electrons. The molecule has 1 atom stereocenters. The Morgan fingerprint density at radius 3 is 2.61 bits per heavy atom. The molecule has 0 aliphatic heterocycles. The molecule has 1 amide bonds. The molecule has 1 unspecified atom stereocenters. The summed E-state index contributed by atoms with van der Waals surface area (Å²) < 4.78 is 13.6. The zero-order valence-electron chi connectivity index (χ0n) is 13.5. The van der Waals surface area contributed by atoms with E-state index in [1.54, 1.807) is 13.0 Å². The highest BCUT2D eigenvalue weighted by molar-refractivity contribution is 5.88. The van der Waals surface area contributed by atoms with Crippen molar-refractivity contribution in [2.45, 2.75) is 50.9 Å². The van der Waals surface area contributed by atoms with Gasteiger partial charge in [0.15, 0.2) is 0 Å². The first-order chi connectivity index (χ1) is 10.9. The quantitative estimate of drug-likeness (QED) is 0.845. The molecule has 23 heavy (non-hydrogen) atoms. The monoisotopic (exact) mass is 321 g/mol. The van der Waals surface area contributed by atoms with Crippen LogP contribution in [0, 0.1) is 11.7 Å². The Balaban J connectivity index is 2.14. The van der Waals surface area contributed by atoms with Crippen LogP contribution in [0.1, 0.15) is 51.0 Å². The van der Waals surface area contributed by atoms with Crippen molar-refractivity contribution in [1.82, 2.24) is 5.32 Å². The SMILES string of the molecule is CC(CNC(=O)C1(c2cccc(F)c2)CCCCC1)CC(=O)O. The van der Waals surface area contributed by atoms with Gasteiger partial charge in [-0.25, -0.2) is 4.39 Å². The summed E-state index contributed by atoms with van der Waals surface area (Å²) in [6, 6.07) is 6.29. The van der Waals surface area contributed by atoms with Crippen LogP contribution in [0.15, 0.2) is 24.3 Å². The first-order valence-electron chi connectivity index (χ1n) is 8.20. The molecule has 1 aromatic rings. The van der Waals surface area contributed by atoms with Crippen LogP contribution >= 0.6 is 0 Å². The molecule has 2 N–H and O–H groups in total. The van der Waals surface area contributed by atoms with E-state index in [2.05, 4.69) is 5.32 Å². The summed E-state index contributed by atoms with van der Waals surface area (Å²) in [5.74, 6) is -1.45. The predicted octanol–water partition coefficient (Wildman–Crippen LogP) is 3.25. The largest absolute Gasteiger partial charge is 0.481 e. The number of carboxylic acid groups (broad SMARTS) is 1. The highest BCUT2D eigenvalue weighted by Gasteiger charge is 2.41. The van der Waals surface area contributed by atoms with E-state index >= 15 is 0 Å². The van der Waals surface area contributed by atoms with E-state index in [0.29, 0.717) is 19.4 Å². The molecule has 5 heteroatoms. The van der Waals surface area contributed by atoms with Gasteiger partial charge in [0.2, 0.25) is 5.91 Å². The van der Waals surface area contributed by atoms with Crippen molar-refractivity contribution in [1.29, 1.82) is 0 Å². The molecule has 1 aliphatic rings. The van der Waals surface area contributed by atoms with E-state index in [1.165, 1.54) is 12.1 Å². The first kappa shape index (κ1) is 17.4. The van der Waals surface area contributed by atoms with Crippen LogP contribution in [-0.2, 0) is 15.0 Å². The Hall–Kier alpha value is -1.91. The second-order valence-electron chi connectivity index (χ2n) is 6.57. The van der Waals surface area contributed by atoms with Gasteiger partial charge in [0.1, 0.15) is 5.82 Å². The zero-order valence-corrected chi connectivity index (χ0v) is 13.5. The van der Waals surface area contributed by atoms with Crippen LogP contribution in [-0.4, -0.2) is 23.5 Å². The second kappa shape index (κ2) is 7.57. The average molecular weight is 321 g/mol. The van der Waals surface area contributed by atoms with Gasteiger partial charge in [-0.15, -0.1) is 0 Å². The molecule has 1 aliphatic carbocycles. The van der Waals surface area contributed by atoms with E-state index < -0.39 is 11.4 Å². The summed E-state index contributed by atoms with van der Waals surface area (Å²) >= 11 is 0. The Labute approximate surface area is 136 Å². The summed E-state index contributed by atoms with van der Waals surface area (Å²) in [6.45, 7) is 2.12. The van der Waals surface area contributed by atoms with Gasteiger partial charge in [0, 0.05) is 13.0 Å². The molecule has 126 valence electrons. The van der Waals surface area contributed by atoms with Crippen molar-refractivity contribution in [3.8, 4) is 0 Å². The molecule has 1 aromatic carbocycles. The third kappa shape index (κ3) is 4.30. The molecular formula is C18H24FNO3. The number of carboxylic acids is 1. The van der Waals surface area contributed by atoms with Crippen molar-refractivity contribution >= 4 is 11.9 Å². The van der Waals surface area contributed by atoms with Gasteiger partial charge in [-0.1, -0.05) is 38.3 Å². The van der Waals surface area contributed by atoms with E-state index in [1.807, 2.05) is 6.07 Å². The molecule has 0 aromatic heterocycles. The molecule has 1 fully saturated rings. The first-order valence-corrected chi connectivity index (χ1v) is 8.20. The number of amides is 1. The molecule has 0 saturated heterocycles. The number of rotatable bonds is 6. The second-order valence-corrected chi connectivity index (χ2v) is 6.57. The van der Waals surface area contributed by atoms with Gasteiger partial charge < -0.3 is 10.4 Å². The lowest BCUT2D eigenvalue weighted by atomic mass is 9.68. The molecule has 1 saturated carbocycles. The summed E-state index contributed by atoms with van der Waals surface area (Å²) in [4.78, 5) is 23.6. The minimum Gasteiger partial charge on any atom is -0.481 e. The maximum atomic E-state index is 13.6. The summed E-state index contributed by atoms with van der Waals surface area (Å²) in [5.41, 5.74) is 0.0316. The van der Waals surface area contributed by atoms with Crippen molar-refractivity contribution in [2.24, 2.45) is 5.92 Å². The van der Waals surface area contributed by atoms with E-state index in [-0.39, 0.29) is 24.1 Å². The molecule has 2 rings (SSSR count). The summed E-state index contributed by atoms with van der Waals surface area (Å²) in [7, 11) is 0. The lowest BCUT2D eigenvalue weighted by Crippen LogP contribution is -2.47. The van der Waals surface area contributed by atoms with Crippen LogP contribution < -0.4 is 5.32 Å². The standard InChI is InChI=1S/C18H24FNO3/c1-13(10-16(21)22)12-20-17(23)18(8-3-2-4-9-18)14-6-5-7-15(19)11-14/h5-7,11,13H,2-4,8-10,12H2,1H3,(H,20,23)(H,21,22). The fraction of sp³-hybridized carbons (Fsp3) is 0.556. The van der Waals surface area contributed by atoms with E-state index in [9.17, 15) is 14.0 Å². The fourth-order valence-corrected chi connectivity index (χ4v) is 3.39. The zero-order chi connectivity index (χ0) is 16.9. The Morgan fingerprint density at radius 2 is 2.00 bits per heavy atom. The Morgan fingerprint density at radius 1 is 1.30 bits per heavy atom. The van der Waals surface area contributed by atoms with Gasteiger partial charge >= 0.3 is 5.97 Å². The number of hydrogen-bond donors (Lipinski definition) is 2. The van der Waals surface area contributed by atoms with E-state index in [0.717, 1.165) is 24.8 Å². The average Bonchev–Trinajstić information content (AvgIpc) is 2.52. The highest BCUT2D eigenvalue weighted by atomic mass is 19.1. The number of nitrogens with one attached hydrogen (secondary N) is 1. The lowest BCUT2D eigenvalue weighted by Gasteiger charge is -2.36. The molecule has 4 nitrogen and oxygen atoms in total. The number of carbonyl (C=O) groups excluding carboxylic acids is 1. The normalized spacial score (nSPS) is 18.2. The lowest BCUT2D eigenvalue weighted by molar-refractivity contribution is -0.138. The van der Waals surface area contributed by atoms with Gasteiger partial charge in [-0.05, 0) is 36.5 Å². The third-order valence-corrected chi connectivity index (χ3v) is 4.65. The predicted molar refractivity (Wildman–Crippen MR) is 85.6 cm³/mol. The summed E-state index contributed by atoms with van der Waals surface area (Å²) in [5, 5.41) is 11.7. The summed E-state index contributed by atoms with van der Waals surface area (Å²) in [6.07, 6.45) is 4.39. The smallest absolute Gasteiger partial charge is 0.303 e. The van der Waals surface area contributed by atoms with Crippen LogP contribution in [0.3, 0.4) is 0 Å². The van der Waals surface area contributed by atoms with Crippen molar-refractivity contribution in [3.05, 3.63) is 35.6 Å². The maximum absolute atomic E-state index is 13.6. The molecular weight excluding hydrogens is 297 g/mol. The number of hydrogen-bond acceptors (Lipinski definition) is 2. The highest BCUT2D eigenvalue weighted by Crippen LogP contribution is 2.40. The van der Waals surface area contributed by atoms with Gasteiger partial charge in [-0.3, -0.25) is 9.59 Å². The van der Waals surface area contributed by atoms with Gasteiger partial charge in [-0.2, -0.15) is 0 Å². The van der Waals surface area contributed by atoms with Crippen molar-refractivity contribution < 1.29 is 19.1 Å². The molecule has 0 bridgehead atoms. The minimum atomic E-state index is -0.871. The van der Waals surface area contributed by atoms with Gasteiger partial charge in [0.05, 0.1) is 5.41 Å². The number of halogens is 1. The Bertz CT molecular complexity index is 567. The molecule has 0 spiro atoms. The van der Waals surface area contributed by atoms with E-state index in [4.69, 9.17) is 5.11 Å². The van der Waals surface area contributed by atoms with Crippen LogP contribution in [0.25, 0.3) is 0 Å². The number of carbonyl (C=O) groups is 2. The topological polar surface area (TPSA) is 66.4 Å². The maximum Gasteiger partial charge on any atom is 0.303 e. The number of aliphatic carboxylic acids is 1. The molecule has 0 heterocycles. The van der Waals surface area contributed by atoms with Crippen LogP contribution in [0.2, 0.25) is 0 Å². The fourth-order valence-electron chi connectivity index (χ4n) is 3.39. The Kier molecular flexibility index (Phi) is 5.74. The van der Waals surface area contributed by atoms with Crippen LogP contribution in [0.5, 0.6) is 0 Å². The van der Waals surface area contributed by atoms with Crippen LogP contribution in [0.4, 0.5) is 4.39 Å². The van der Waals surface area contributed by atoms with Crippen molar-refractivity contribution in [2.75, 3.05) is 6.54 Å². The third-order valence-electron chi connectivity index (χ3n) is 4.65. The van der Waals surface area contributed by atoms with Crippen molar-refractivity contribution in [3.63, 3.8) is 0 Å². The van der Waals surface area contributed by atoms with Gasteiger partial charge in [0.25, 0.3) is 0 Å². The minimum absolute atomic E-state index is 0.0211.